The van der Waals surface area contributed by atoms with Gasteiger partial charge in [0, 0.05) is 13.4 Å². The summed E-state index contributed by atoms with van der Waals surface area (Å²) in [6, 6.07) is 0. The van der Waals surface area contributed by atoms with Crippen molar-refractivity contribution in [3.63, 3.8) is 0 Å². The molecule has 46 valence electrons. The van der Waals surface area contributed by atoms with Crippen LogP contribution in [0.15, 0.2) is 0 Å². The van der Waals surface area contributed by atoms with E-state index in [1.807, 2.05) is 0 Å². The molecule has 0 aromatic carbocycles. The quantitative estimate of drug-likeness (QED) is 0.579. The second kappa shape index (κ2) is 2.52. The predicted molar refractivity (Wildman–Crippen MR) is 30.6 cm³/mol. The number of rotatable bonds is 2. The van der Waals surface area contributed by atoms with E-state index in [2.05, 4.69) is 4.74 Å². The lowest BCUT2D eigenvalue weighted by Crippen LogP contribution is -2.00. The molecule has 7 heavy (non-hydrogen) atoms. The summed E-state index contributed by atoms with van der Waals surface area (Å²) >= 11 is 0. The highest BCUT2D eigenvalue weighted by Crippen LogP contribution is 2.31. The molecule has 0 aromatic heterocycles. The number of methoxy groups -OCH3 is 1. The third-order valence-corrected chi connectivity index (χ3v) is 1.02. The fourth-order valence-electron chi connectivity index (χ4n) is 0.223. The third-order valence-electron chi connectivity index (χ3n) is 0.341. The van der Waals surface area contributed by atoms with Crippen molar-refractivity contribution in [1.29, 1.82) is 0 Å². The van der Waals surface area contributed by atoms with Crippen LogP contribution in [0.2, 0.25) is 0 Å². The highest BCUT2D eigenvalue weighted by Gasteiger charge is 1.98. The Labute approximate surface area is 44.6 Å². The maximum absolute atomic E-state index is 8.53. The van der Waals surface area contributed by atoms with Crippen molar-refractivity contribution in [3.05, 3.63) is 0 Å². The molecule has 0 aliphatic rings. The van der Waals surface area contributed by atoms with E-state index in [4.69, 9.17) is 9.11 Å². The average Bonchev–Trinajstić information content (AvgIpc) is 1.30. The van der Waals surface area contributed by atoms with Gasteiger partial charge in [0.05, 0.1) is 0 Å². The summed E-state index contributed by atoms with van der Waals surface area (Å²) < 4.78 is 21.5. The van der Waals surface area contributed by atoms with Crippen LogP contribution in [0.25, 0.3) is 0 Å². The lowest BCUT2D eigenvalue weighted by molar-refractivity contribution is 0.239. The average molecular weight is 126 g/mol. The molecule has 0 aliphatic carbocycles. The summed E-state index contributed by atoms with van der Waals surface area (Å²) in [5.41, 5.74) is 0. The van der Waals surface area contributed by atoms with Crippen molar-refractivity contribution in [2.75, 3.05) is 19.3 Å². The minimum Gasteiger partial charge on any atom is -0.365 e. The van der Waals surface area contributed by atoms with Crippen molar-refractivity contribution in [2.45, 2.75) is 0 Å². The topological polar surface area (TPSA) is 49.7 Å². The Kier molecular flexibility index (Phi) is 2.60. The molecule has 0 fully saturated rings. The lowest BCUT2D eigenvalue weighted by Gasteiger charge is -2.24. The molecular formula is C3H10O3S. The molecule has 0 saturated heterocycles. The van der Waals surface area contributed by atoms with Gasteiger partial charge in [-0.05, 0) is 0 Å². The van der Waals surface area contributed by atoms with Gasteiger partial charge < -0.3 is 4.74 Å². The van der Waals surface area contributed by atoms with Crippen LogP contribution in [0.1, 0.15) is 0 Å². The molecule has 0 aromatic rings. The van der Waals surface area contributed by atoms with Crippen LogP contribution in [0.3, 0.4) is 0 Å². The standard InChI is InChI=1S/C3H10O3S/c1-6-3-7(2,4)5/h4-5H,3H2,1-2H3. The van der Waals surface area contributed by atoms with Crippen LogP contribution < -0.4 is 0 Å². The van der Waals surface area contributed by atoms with E-state index < -0.39 is 10.6 Å². The van der Waals surface area contributed by atoms with Crippen LogP contribution in [0, 0.1) is 0 Å². The van der Waals surface area contributed by atoms with Crippen molar-refractivity contribution in [1.82, 2.24) is 0 Å². The van der Waals surface area contributed by atoms with Crippen LogP contribution in [0.5, 0.6) is 0 Å². The van der Waals surface area contributed by atoms with Gasteiger partial charge in [-0.2, -0.15) is 10.6 Å². The third kappa shape index (κ3) is 6.23. The Morgan fingerprint density at radius 2 is 2.00 bits per heavy atom. The van der Waals surface area contributed by atoms with Gasteiger partial charge in [0.1, 0.15) is 5.94 Å². The van der Waals surface area contributed by atoms with Gasteiger partial charge in [0.2, 0.25) is 0 Å². The summed E-state index contributed by atoms with van der Waals surface area (Å²) in [7, 11) is -0.968. The van der Waals surface area contributed by atoms with Gasteiger partial charge in [-0.25, -0.2) is 0 Å². The maximum Gasteiger partial charge on any atom is 0.134 e. The molecule has 0 bridgehead atoms. The largest absolute Gasteiger partial charge is 0.365 e. The summed E-state index contributed by atoms with van der Waals surface area (Å²) in [5.74, 6) is 0.0347. The summed E-state index contributed by atoms with van der Waals surface area (Å²) in [4.78, 5) is 0. The minimum absolute atomic E-state index is 0.0347. The fraction of sp³-hybridized carbons (Fsp3) is 1.00. The summed E-state index contributed by atoms with van der Waals surface area (Å²) in [6.45, 7) is 0. The molecule has 0 spiro atoms. The molecule has 0 saturated carbocycles. The first-order valence-corrected chi connectivity index (χ1v) is 3.88. The Bertz CT molecular complexity index is 48.6. The first-order chi connectivity index (χ1) is 3.06. The molecule has 0 amide bonds. The zero-order valence-corrected chi connectivity index (χ0v) is 5.23. The first-order valence-electron chi connectivity index (χ1n) is 1.76. The first kappa shape index (κ1) is 7.23. The number of hydrogen-bond donors (Lipinski definition) is 2. The zero-order valence-electron chi connectivity index (χ0n) is 4.42. The molecule has 3 nitrogen and oxygen atoms in total. The van der Waals surface area contributed by atoms with Gasteiger partial charge in [-0.1, -0.05) is 0 Å². The van der Waals surface area contributed by atoms with E-state index >= 15 is 0 Å². The van der Waals surface area contributed by atoms with Crippen molar-refractivity contribution in [3.8, 4) is 0 Å². The van der Waals surface area contributed by atoms with Crippen molar-refractivity contribution >= 4 is 10.6 Å². The van der Waals surface area contributed by atoms with E-state index in [1.54, 1.807) is 0 Å². The molecule has 2 N–H and O–H groups in total. The Morgan fingerprint density at radius 1 is 1.57 bits per heavy atom. The number of hydrogen-bond acceptors (Lipinski definition) is 3. The predicted octanol–water partition coefficient (Wildman–Crippen LogP) is 0.971. The van der Waals surface area contributed by atoms with Crippen molar-refractivity contribution in [2.24, 2.45) is 0 Å². The monoisotopic (exact) mass is 126 g/mol. The van der Waals surface area contributed by atoms with Gasteiger partial charge in [-0.15, -0.1) is 0 Å². The van der Waals surface area contributed by atoms with Crippen LogP contribution in [-0.2, 0) is 4.74 Å². The second-order valence-corrected chi connectivity index (χ2v) is 3.62. The van der Waals surface area contributed by atoms with Gasteiger partial charge in [0.25, 0.3) is 0 Å². The van der Waals surface area contributed by atoms with Gasteiger partial charge in [-0.3, -0.25) is 9.11 Å². The summed E-state index contributed by atoms with van der Waals surface area (Å²) in [5, 5.41) is 0. The van der Waals surface area contributed by atoms with E-state index in [0.717, 1.165) is 0 Å². The van der Waals surface area contributed by atoms with E-state index in [0.29, 0.717) is 0 Å². The van der Waals surface area contributed by atoms with E-state index in [1.165, 1.54) is 13.4 Å². The Hall–Kier alpha value is 0.230. The molecular weight excluding hydrogens is 116 g/mol. The highest BCUT2D eigenvalue weighted by atomic mass is 32.3. The molecule has 0 atom stereocenters. The number of ether oxygens (including phenoxy) is 1. The minimum atomic E-state index is -2.40. The second-order valence-electron chi connectivity index (χ2n) is 1.40. The molecule has 4 heteroatoms. The Balaban J connectivity index is 3.15. The summed E-state index contributed by atoms with van der Waals surface area (Å²) in [6.07, 6.45) is 1.34. The van der Waals surface area contributed by atoms with Gasteiger partial charge in [0.15, 0.2) is 0 Å². The Morgan fingerprint density at radius 3 is 2.00 bits per heavy atom. The highest BCUT2D eigenvalue weighted by molar-refractivity contribution is 8.23. The maximum atomic E-state index is 8.53. The lowest BCUT2D eigenvalue weighted by atomic mass is 11.5. The van der Waals surface area contributed by atoms with Crippen LogP contribution >= 0.6 is 10.6 Å². The fourth-order valence-corrected chi connectivity index (χ4v) is 0.670. The zero-order chi connectivity index (χ0) is 5.91. The van der Waals surface area contributed by atoms with Crippen LogP contribution in [0.4, 0.5) is 0 Å². The molecule has 0 rings (SSSR count). The van der Waals surface area contributed by atoms with Crippen LogP contribution in [-0.4, -0.2) is 28.4 Å². The molecule has 0 heterocycles. The smallest absolute Gasteiger partial charge is 0.134 e. The molecule has 0 unspecified atom stereocenters. The molecule has 0 radical (unpaired) electrons. The van der Waals surface area contributed by atoms with E-state index in [-0.39, 0.29) is 5.94 Å². The van der Waals surface area contributed by atoms with E-state index in [9.17, 15) is 0 Å². The normalized spacial score (nSPS) is 14.3. The van der Waals surface area contributed by atoms with Gasteiger partial charge >= 0.3 is 0 Å². The molecule has 0 aliphatic heterocycles. The van der Waals surface area contributed by atoms with Crippen molar-refractivity contribution < 1.29 is 13.8 Å². The SMILES string of the molecule is COCS(C)(O)O.